The average Bonchev–Trinajstić information content (AvgIpc) is 2.49. The normalized spacial score (nSPS) is 14.7. The Morgan fingerprint density at radius 3 is 2.62 bits per heavy atom. The number of hydrogen-bond acceptors (Lipinski definition) is 4. The molecule has 0 saturated carbocycles. The van der Waals surface area contributed by atoms with Gasteiger partial charge in [-0.15, -0.1) is 0 Å². The number of rotatable bonds is 3. The molecule has 1 unspecified atom stereocenters. The van der Waals surface area contributed by atoms with Crippen molar-refractivity contribution in [2.45, 2.75) is 10.6 Å². The highest BCUT2D eigenvalue weighted by Crippen LogP contribution is 2.32. The van der Waals surface area contributed by atoms with E-state index in [1.165, 1.54) is 12.1 Å². The minimum atomic E-state index is -1.29. The second kappa shape index (κ2) is 5.73. The zero-order valence-corrected chi connectivity index (χ0v) is 12.0. The second-order valence-corrected chi connectivity index (χ2v) is 6.09. The third kappa shape index (κ3) is 3.00. The van der Waals surface area contributed by atoms with Gasteiger partial charge in [0.1, 0.15) is 19.0 Å². The van der Waals surface area contributed by atoms with Crippen LogP contribution in [0.1, 0.15) is 5.56 Å². The van der Waals surface area contributed by atoms with E-state index in [1.54, 1.807) is 24.3 Å². The molecule has 110 valence electrons. The molecule has 1 heterocycles. The summed E-state index contributed by atoms with van der Waals surface area (Å²) in [5.41, 5.74) is 6.70. The fourth-order valence-electron chi connectivity index (χ4n) is 2.09. The molecule has 0 saturated heterocycles. The average molecular weight is 307 g/mol. The van der Waals surface area contributed by atoms with Crippen molar-refractivity contribution >= 4 is 16.5 Å². The molecule has 0 radical (unpaired) electrons. The molecule has 3 rings (SSSR count). The molecule has 0 aliphatic carbocycles. The highest BCUT2D eigenvalue weighted by atomic mass is 32.2. The number of ether oxygens (including phenoxy) is 2. The van der Waals surface area contributed by atoms with E-state index in [2.05, 4.69) is 0 Å². The summed E-state index contributed by atoms with van der Waals surface area (Å²) in [6.45, 7) is 0.996. The lowest BCUT2D eigenvalue weighted by Gasteiger charge is -2.18. The first kappa shape index (κ1) is 13.9. The molecule has 2 N–H and O–H groups in total. The van der Waals surface area contributed by atoms with Gasteiger partial charge in [-0.3, -0.25) is 4.21 Å². The number of benzene rings is 2. The van der Waals surface area contributed by atoms with E-state index < -0.39 is 16.6 Å². The maximum Gasteiger partial charge on any atom is 0.162 e. The summed E-state index contributed by atoms with van der Waals surface area (Å²) in [4.78, 5) is 0.628. The predicted octanol–water partition coefficient (Wildman–Crippen LogP) is 2.49. The van der Waals surface area contributed by atoms with Gasteiger partial charge in [-0.2, -0.15) is 0 Å². The number of fused-ring (bicyclic) bond motifs is 1. The zero-order valence-electron chi connectivity index (χ0n) is 11.2. The molecule has 6 heteroatoms. The summed E-state index contributed by atoms with van der Waals surface area (Å²) >= 11 is 0. The first-order valence-corrected chi connectivity index (χ1v) is 7.77. The predicted molar refractivity (Wildman–Crippen MR) is 78.4 cm³/mol. The molecule has 2 aromatic rings. The molecule has 1 aliphatic heterocycles. The Labute approximate surface area is 124 Å². The van der Waals surface area contributed by atoms with Crippen LogP contribution in [0.4, 0.5) is 10.1 Å². The van der Waals surface area contributed by atoms with E-state index >= 15 is 0 Å². The van der Waals surface area contributed by atoms with Crippen LogP contribution in [-0.4, -0.2) is 17.4 Å². The lowest BCUT2D eigenvalue weighted by atomic mass is 10.2. The van der Waals surface area contributed by atoms with Gasteiger partial charge in [0.2, 0.25) is 0 Å². The quantitative estimate of drug-likeness (QED) is 0.885. The van der Waals surface area contributed by atoms with Crippen LogP contribution in [0.2, 0.25) is 0 Å². The number of halogens is 1. The molecule has 2 aromatic carbocycles. The van der Waals surface area contributed by atoms with Crippen molar-refractivity contribution < 1.29 is 18.1 Å². The van der Waals surface area contributed by atoms with E-state index in [1.807, 2.05) is 0 Å². The summed E-state index contributed by atoms with van der Waals surface area (Å²) in [6.07, 6.45) is 0. The van der Waals surface area contributed by atoms with Gasteiger partial charge in [0.25, 0.3) is 0 Å². The molecule has 0 fully saturated rings. The molecule has 0 bridgehead atoms. The van der Waals surface area contributed by atoms with Crippen LogP contribution < -0.4 is 15.2 Å². The number of nitrogens with two attached hydrogens (primary N) is 1. The van der Waals surface area contributed by atoms with Crippen molar-refractivity contribution in [2.75, 3.05) is 18.9 Å². The summed E-state index contributed by atoms with van der Waals surface area (Å²) in [5, 5.41) is 0. The molecule has 4 nitrogen and oxygen atoms in total. The third-order valence-electron chi connectivity index (χ3n) is 3.17. The molecule has 1 atom stereocenters. The van der Waals surface area contributed by atoms with Crippen LogP contribution in [-0.2, 0) is 16.6 Å². The van der Waals surface area contributed by atoms with Gasteiger partial charge >= 0.3 is 0 Å². The molecule has 21 heavy (non-hydrogen) atoms. The van der Waals surface area contributed by atoms with Gasteiger partial charge < -0.3 is 15.2 Å². The van der Waals surface area contributed by atoms with Crippen molar-refractivity contribution in [3.8, 4) is 11.5 Å². The van der Waals surface area contributed by atoms with Crippen LogP contribution in [0.5, 0.6) is 11.5 Å². The van der Waals surface area contributed by atoms with Crippen molar-refractivity contribution in [3.63, 3.8) is 0 Å². The minimum Gasteiger partial charge on any atom is -0.486 e. The fraction of sp³-hybridized carbons (Fsp3) is 0.200. The highest BCUT2D eigenvalue weighted by molar-refractivity contribution is 7.84. The smallest absolute Gasteiger partial charge is 0.162 e. The summed E-state index contributed by atoms with van der Waals surface area (Å²) < 4.78 is 36.3. The van der Waals surface area contributed by atoms with Crippen LogP contribution >= 0.6 is 0 Å². The largest absolute Gasteiger partial charge is 0.486 e. The summed E-state index contributed by atoms with van der Waals surface area (Å²) in [6, 6.07) is 9.30. The lowest BCUT2D eigenvalue weighted by molar-refractivity contribution is 0.171. The standard InChI is InChI=1S/C15H14FNO3S/c16-11-2-1-10(13(17)7-11)9-21(18)12-3-4-14-15(8-12)20-6-5-19-14/h1-4,7-8H,5-6,9,17H2. The molecule has 0 amide bonds. The molecule has 0 aromatic heterocycles. The Hall–Kier alpha value is -2.08. The van der Waals surface area contributed by atoms with Gasteiger partial charge in [0.15, 0.2) is 11.5 Å². The number of anilines is 1. The van der Waals surface area contributed by atoms with Gasteiger partial charge in [0, 0.05) is 16.6 Å². The highest BCUT2D eigenvalue weighted by Gasteiger charge is 2.15. The Morgan fingerprint density at radius 2 is 1.86 bits per heavy atom. The van der Waals surface area contributed by atoms with Gasteiger partial charge in [0.05, 0.1) is 16.6 Å². The Balaban J connectivity index is 1.82. The van der Waals surface area contributed by atoms with E-state index in [0.717, 1.165) is 0 Å². The number of nitrogen functional groups attached to an aromatic ring is 1. The molecule has 1 aliphatic rings. The summed E-state index contributed by atoms with van der Waals surface area (Å²) in [7, 11) is -1.29. The van der Waals surface area contributed by atoms with E-state index in [9.17, 15) is 8.60 Å². The van der Waals surface area contributed by atoms with Crippen molar-refractivity contribution in [3.05, 3.63) is 47.8 Å². The Bertz CT molecular complexity index is 705. The SMILES string of the molecule is Nc1cc(F)ccc1CS(=O)c1ccc2c(c1)OCCO2. The van der Waals surface area contributed by atoms with Crippen molar-refractivity contribution in [2.24, 2.45) is 0 Å². The van der Waals surface area contributed by atoms with Crippen molar-refractivity contribution in [1.82, 2.24) is 0 Å². The number of hydrogen-bond donors (Lipinski definition) is 1. The van der Waals surface area contributed by atoms with E-state index in [-0.39, 0.29) is 5.75 Å². The van der Waals surface area contributed by atoms with Crippen LogP contribution in [0.25, 0.3) is 0 Å². The molecule has 0 spiro atoms. The van der Waals surface area contributed by atoms with Crippen LogP contribution in [0.15, 0.2) is 41.3 Å². The third-order valence-corrected chi connectivity index (χ3v) is 4.52. The Morgan fingerprint density at radius 1 is 1.10 bits per heavy atom. The molecular weight excluding hydrogens is 293 g/mol. The first-order chi connectivity index (χ1) is 10.1. The second-order valence-electron chi connectivity index (χ2n) is 4.64. The summed E-state index contributed by atoms with van der Waals surface area (Å²) in [5.74, 6) is 1.08. The van der Waals surface area contributed by atoms with E-state index in [0.29, 0.717) is 40.9 Å². The van der Waals surface area contributed by atoms with Crippen LogP contribution in [0, 0.1) is 5.82 Å². The lowest BCUT2D eigenvalue weighted by Crippen LogP contribution is -2.15. The first-order valence-electron chi connectivity index (χ1n) is 6.45. The topological polar surface area (TPSA) is 61.6 Å². The van der Waals surface area contributed by atoms with Gasteiger partial charge in [-0.25, -0.2) is 4.39 Å². The maximum atomic E-state index is 13.0. The monoisotopic (exact) mass is 307 g/mol. The van der Waals surface area contributed by atoms with Crippen molar-refractivity contribution in [1.29, 1.82) is 0 Å². The van der Waals surface area contributed by atoms with Gasteiger partial charge in [-0.1, -0.05) is 6.07 Å². The fourth-order valence-corrected chi connectivity index (χ4v) is 3.26. The zero-order chi connectivity index (χ0) is 14.8. The molecular formula is C15H14FNO3S. The van der Waals surface area contributed by atoms with E-state index in [4.69, 9.17) is 15.2 Å². The Kier molecular flexibility index (Phi) is 3.79. The maximum absolute atomic E-state index is 13.0. The minimum absolute atomic E-state index is 0.228. The van der Waals surface area contributed by atoms with Crippen LogP contribution in [0.3, 0.4) is 0 Å². The van der Waals surface area contributed by atoms with Gasteiger partial charge in [-0.05, 0) is 29.8 Å².